The van der Waals surface area contributed by atoms with Gasteiger partial charge in [0.1, 0.15) is 0 Å². The van der Waals surface area contributed by atoms with Crippen molar-refractivity contribution < 1.29 is 18.3 Å². The first kappa shape index (κ1) is 13.6. The molecule has 2 fully saturated rings. The number of carboxylic acid groups (broad SMARTS) is 1. The predicted molar refractivity (Wildman–Crippen MR) is 67.4 cm³/mol. The molecule has 1 amide bonds. The Morgan fingerprint density at radius 1 is 1.44 bits per heavy atom. The highest BCUT2D eigenvalue weighted by atomic mass is 32.2. The molecule has 18 heavy (non-hydrogen) atoms. The number of rotatable bonds is 0. The number of hydrogen-bond acceptors (Lipinski definition) is 4. The lowest BCUT2D eigenvalue weighted by Crippen LogP contribution is -2.76. The van der Waals surface area contributed by atoms with Gasteiger partial charge < -0.3 is 15.3 Å². The van der Waals surface area contributed by atoms with Crippen molar-refractivity contribution in [3.8, 4) is 0 Å². The highest BCUT2D eigenvalue weighted by Gasteiger charge is 2.54. The molecule has 0 radical (unpaired) electrons. The van der Waals surface area contributed by atoms with Gasteiger partial charge in [-0.15, -0.1) is 0 Å². The largest absolute Gasteiger partial charge is 0.465 e. The lowest BCUT2D eigenvalue weighted by Gasteiger charge is -2.55. The van der Waals surface area contributed by atoms with Crippen LogP contribution in [0.4, 0.5) is 4.79 Å². The Morgan fingerprint density at radius 2 is 2.06 bits per heavy atom. The van der Waals surface area contributed by atoms with E-state index < -0.39 is 21.5 Å². The van der Waals surface area contributed by atoms with Crippen molar-refractivity contribution >= 4 is 15.9 Å². The molecule has 2 rings (SSSR count). The minimum atomic E-state index is -3.11. The molecule has 2 N–H and O–H groups in total. The minimum Gasteiger partial charge on any atom is -0.465 e. The summed E-state index contributed by atoms with van der Waals surface area (Å²) in [5.41, 5.74) is -1.02. The van der Waals surface area contributed by atoms with Gasteiger partial charge in [0.2, 0.25) is 0 Å². The molecule has 0 saturated carbocycles. The summed E-state index contributed by atoms with van der Waals surface area (Å²) in [6.45, 7) is 6.31. The molecule has 2 aliphatic rings. The third kappa shape index (κ3) is 2.21. The fraction of sp³-hybridized carbons (Fsp3) is 0.909. The minimum absolute atomic E-state index is 0.00375. The van der Waals surface area contributed by atoms with E-state index in [2.05, 4.69) is 5.32 Å². The predicted octanol–water partition coefficient (Wildman–Crippen LogP) is 0.152. The molecule has 6 nitrogen and oxygen atoms in total. The fourth-order valence-corrected chi connectivity index (χ4v) is 5.15. The lowest BCUT2D eigenvalue weighted by molar-refractivity contribution is 0.0375. The second-order valence-electron chi connectivity index (χ2n) is 6.39. The topological polar surface area (TPSA) is 86.7 Å². The van der Waals surface area contributed by atoms with Gasteiger partial charge in [0.25, 0.3) is 0 Å². The van der Waals surface area contributed by atoms with Crippen molar-refractivity contribution in [3.63, 3.8) is 0 Å². The van der Waals surface area contributed by atoms with Gasteiger partial charge in [-0.05, 0) is 5.41 Å². The second-order valence-corrected chi connectivity index (χ2v) is 8.50. The lowest BCUT2D eigenvalue weighted by atomic mass is 9.72. The molecular formula is C11H20N2O4S. The monoisotopic (exact) mass is 276 g/mol. The molecule has 0 aliphatic carbocycles. The number of amides is 1. The number of nitrogens with one attached hydrogen (secondary N) is 1. The van der Waals surface area contributed by atoms with E-state index in [-0.39, 0.29) is 36.1 Å². The van der Waals surface area contributed by atoms with E-state index in [1.54, 1.807) is 0 Å². The first-order chi connectivity index (χ1) is 8.05. The third-order valence-corrected chi connectivity index (χ3v) is 5.85. The molecule has 0 aromatic heterocycles. The smallest absolute Gasteiger partial charge is 0.407 e. The average molecular weight is 276 g/mol. The van der Waals surface area contributed by atoms with Gasteiger partial charge in [0.05, 0.1) is 17.0 Å². The maximum Gasteiger partial charge on any atom is 0.407 e. The second kappa shape index (κ2) is 3.84. The highest BCUT2D eigenvalue weighted by molar-refractivity contribution is 7.91. The molecule has 0 spiro atoms. The number of fused-ring (bicyclic) bond motifs is 2. The number of nitrogens with zero attached hydrogens (tertiary/aromatic N) is 1. The van der Waals surface area contributed by atoms with E-state index >= 15 is 0 Å². The molecule has 2 bridgehead atoms. The summed E-state index contributed by atoms with van der Waals surface area (Å²) in [4.78, 5) is 12.5. The van der Waals surface area contributed by atoms with Crippen molar-refractivity contribution in [2.75, 3.05) is 24.6 Å². The van der Waals surface area contributed by atoms with Gasteiger partial charge >= 0.3 is 6.09 Å². The van der Waals surface area contributed by atoms with Gasteiger partial charge in [0.15, 0.2) is 9.84 Å². The normalized spacial score (nSPS) is 35.3. The number of piperazine rings is 1. The van der Waals surface area contributed by atoms with E-state index in [1.165, 1.54) is 4.90 Å². The maximum absolute atomic E-state index is 12.0. The quantitative estimate of drug-likeness (QED) is 0.658. The van der Waals surface area contributed by atoms with Crippen LogP contribution in [0.15, 0.2) is 0 Å². The summed E-state index contributed by atoms with van der Waals surface area (Å²) in [7, 11) is -3.11. The summed E-state index contributed by atoms with van der Waals surface area (Å²) < 4.78 is 24.0. The van der Waals surface area contributed by atoms with Gasteiger partial charge in [-0.1, -0.05) is 20.8 Å². The fourth-order valence-electron chi connectivity index (χ4n) is 2.88. The number of hydrogen-bond donors (Lipinski definition) is 2. The molecule has 104 valence electrons. The number of carbonyl (C=O) groups is 1. The SMILES string of the molecule is CC(C)(C)C12CN(C(=O)O)CC(CS(=O)(=O)C1)N2. The molecule has 2 unspecified atom stereocenters. The molecule has 2 aliphatic heterocycles. The zero-order valence-electron chi connectivity index (χ0n) is 10.9. The summed E-state index contributed by atoms with van der Waals surface area (Å²) in [6, 6.07) is -0.298. The first-order valence-corrected chi connectivity index (χ1v) is 7.83. The zero-order valence-corrected chi connectivity index (χ0v) is 11.7. The molecule has 7 heteroatoms. The van der Waals surface area contributed by atoms with Crippen LogP contribution in [0.1, 0.15) is 20.8 Å². The van der Waals surface area contributed by atoms with Crippen LogP contribution in [0.2, 0.25) is 0 Å². The van der Waals surface area contributed by atoms with Crippen molar-refractivity contribution in [2.45, 2.75) is 32.4 Å². The molecule has 2 saturated heterocycles. The van der Waals surface area contributed by atoms with Crippen LogP contribution in [0.25, 0.3) is 0 Å². The van der Waals surface area contributed by atoms with E-state index in [9.17, 15) is 13.2 Å². The Labute approximate surface area is 107 Å². The van der Waals surface area contributed by atoms with Crippen LogP contribution in [0.3, 0.4) is 0 Å². The Kier molecular flexibility index (Phi) is 2.90. The Bertz CT molecular complexity index is 468. The van der Waals surface area contributed by atoms with Crippen LogP contribution >= 0.6 is 0 Å². The van der Waals surface area contributed by atoms with Crippen molar-refractivity contribution in [1.29, 1.82) is 0 Å². The number of sulfone groups is 1. The molecule has 2 heterocycles. The van der Waals surface area contributed by atoms with E-state index in [0.29, 0.717) is 0 Å². The molecular weight excluding hydrogens is 256 g/mol. The molecule has 2 atom stereocenters. The zero-order chi connectivity index (χ0) is 13.8. The van der Waals surface area contributed by atoms with E-state index in [4.69, 9.17) is 5.11 Å². The van der Waals surface area contributed by atoms with Gasteiger partial charge in [-0.2, -0.15) is 0 Å². The van der Waals surface area contributed by atoms with Crippen molar-refractivity contribution in [2.24, 2.45) is 5.41 Å². The van der Waals surface area contributed by atoms with Crippen LogP contribution in [-0.2, 0) is 9.84 Å². The van der Waals surface area contributed by atoms with Crippen LogP contribution in [0, 0.1) is 5.41 Å². The van der Waals surface area contributed by atoms with Crippen molar-refractivity contribution in [1.82, 2.24) is 10.2 Å². The Balaban J connectivity index is 2.41. The summed E-state index contributed by atoms with van der Waals surface area (Å²) >= 11 is 0. The Morgan fingerprint density at radius 3 is 2.56 bits per heavy atom. The third-order valence-electron chi connectivity index (χ3n) is 4.01. The van der Waals surface area contributed by atoms with Crippen LogP contribution < -0.4 is 5.32 Å². The van der Waals surface area contributed by atoms with Gasteiger partial charge in [0, 0.05) is 19.1 Å². The Hall–Kier alpha value is -0.820. The highest BCUT2D eigenvalue weighted by Crippen LogP contribution is 2.38. The van der Waals surface area contributed by atoms with Gasteiger partial charge in [-0.25, -0.2) is 13.2 Å². The summed E-state index contributed by atoms with van der Waals surface area (Å²) in [5.74, 6) is 0.0262. The van der Waals surface area contributed by atoms with Crippen molar-refractivity contribution in [3.05, 3.63) is 0 Å². The van der Waals surface area contributed by atoms with Gasteiger partial charge in [-0.3, -0.25) is 0 Å². The molecule has 0 aromatic rings. The average Bonchev–Trinajstić information content (AvgIpc) is 2.11. The first-order valence-electron chi connectivity index (χ1n) is 6.01. The summed E-state index contributed by atoms with van der Waals surface area (Å²) in [5, 5.41) is 12.5. The maximum atomic E-state index is 12.0. The molecule has 0 aromatic carbocycles. The summed E-state index contributed by atoms with van der Waals surface area (Å²) in [6.07, 6.45) is -0.977. The van der Waals surface area contributed by atoms with E-state index in [1.807, 2.05) is 20.8 Å². The van der Waals surface area contributed by atoms with E-state index in [0.717, 1.165) is 0 Å². The standard InChI is InChI=1S/C11H20N2O4S/c1-10(2,3)11-6-13(9(14)15)4-8(12-11)5-18(16,17)7-11/h8,12H,4-7H2,1-3H3,(H,14,15). The van der Waals surface area contributed by atoms with Crippen LogP contribution in [0.5, 0.6) is 0 Å². The van der Waals surface area contributed by atoms with Crippen LogP contribution in [-0.4, -0.2) is 60.7 Å².